The lowest BCUT2D eigenvalue weighted by atomic mass is 10.2. The monoisotopic (exact) mass is 338 g/mol. The first kappa shape index (κ1) is 14.6. The fourth-order valence-corrected chi connectivity index (χ4v) is 2.95. The molecule has 0 unspecified atom stereocenters. The Balaban J connectivity index is 1.95. The first-order valence-corrected chi connectivity index (χ1v) is 7.93. The Labute approximate surface area is 142 Å². The summed E-state index contributed by atoms with van der Waals surface area (Å²) in [5.41, 5.74) is 2.37. The van der Waals surface area contributed by atoms with Crippen molar-refractivity contribution in [2.75, 3.05) is 6.54 Å². The highest BCUT2D eigenvalue weighted by Crippen LogP contribution is 2.25. The lowest BCUT2D eigenvalue weighted by Crippen LogP contribution is -2.28. The molecule has 0 atom stereocenters. The Kier molecular flexibility index (Phi) is 3.39. The number of rotatable bonds is 2. The van der Waals surface area contributed by atoms with E-state index in [9.17, 15) is 4.79 Å². The summed E-state index contributed by atoms with van der Waals surface area (Å²) in [4.78, 5) is 15.7. The third kappa shape index (κ3) is 2.11. The molecule has 8 heteroatoms. The van der Waals surface area contributed by atoms with Gasteiger partial charge in [0.2, 0.25) is 0 Å². The molecule has 0 saturated carbocycles. The smallest absolute Gasteiger partial charge is 0.282 e. The molecule has 0 amide bonds. The van der Waals surface area contributed by atoms with Gasteiger partial charge < -0.3 is 10.3 Å². The Hall–Kier alpha value is -3.00. The standard InChI is InChI=1S/C16H14N6OS/c1-2-17-16(24)22-14-11(9-19-22)13-12(8-18-14)15(23)21(20-13)10-6-4-3-5-7-10/h3-9,18H,2H2,1H3,(H,17,24). The molecule has 7 nitrogen and oxygen atoms in total. The van der Waals surface area contributed by atoms with E-state index in [-0.39, 0.29) is 5.56 Å². The predicted molar refractivity (Wildman–Crippen MR) is 95.8 cm³/mol. The van der Waals surface area contributed by atoms with Gasteiger partial charge >= 0.3 is 0 Å². The maximum atomic E-state index is 12.6. The van der Waals surface area contributed by atoms with Crippen LogP contribution in [0.2, 0.25) is 0 Å². The van der Waals surface area contributed by atoms with Crippen LogP contribution in [0.4, 0.5) is 0 Å². The van der Waals surface area contributed by atoms with Crippen molar-refractivity contribution < 1.29 is 0 Å². The number of nitrogens with zero attached hydrogens (tertiary/aromatic N) is 4. The molecule has 0 saturated heterocycles. The molecule has 0 spiro atoms. The minimum absolute atomic E-state index is 0.170. The SMILES string of the molecule is CCNC(=S)n1ncc2c3nn(-c4ccccc4)c(=O)c-3c[nH]c21. The molecule has 120 valence electrons. The molecule has 2 N–H and O–H groups in total. The van der Waals surface area contributed by atoms with Crippen molar-refractivity contribution >= 4 is 28.4 Å². The third-order valence-corrected chi connectivity index (χ3v) is 4.09. The van der Waals surface area contributed by atoms with Crippen molar-refractivity contribution in [1.82, 2.24) is 29.9 Å². The van der Waals surface area contributed by atoms with Crippen molar-refractivity contribution in [2.24, 2.45) is 0 Å². The first-order valence-electron chi connectivity index (χ1n) is 7.52. The van der Waals surface area contributed by atoms with Crippen molar-refractivity contribution in [3.8, 4) is 16.9 Å². The van der Waals surface area contributed by atoms with Crippen LogP contribution >= 0.6 is 12.2 Å². The first-order chi connectivity index (χ1) is 11.7. The quantitative estimate of drug-likeness (QED) is 0.544. The number of pyridine rings is 1. The molecule has 0 aliphatic carbocycles. The van der Waals surface area contributed by atoms with Gasteiger partial charge in [-0.05, 0) is 31.3 Å². The zero-order valence-corrected chi connectivity index (χ0v) is 13.7. The molecule has 4 rings (SSSR count). The van der Waals surface area contributed by atoms with E-state index in [1.165, 1.54) is 4.68 Å². The molecule has 0 fully saturated rings. The molecule has 0 bridgehead atoms. The Morgan fingerprint density at radius 1 is 1.33 bits per heavy atom. The topological polar surface area (TPSA) is 80.5 Å². The van der Waals surface area contributed by atoms with E-state index < -0.39 is 0 Å². The van der Waals surface area contributed by atoms with Crippen molar-refractivity contribution in [1.29, 1.82) is 0 Å². The van der Waals surface area contributed by atoms with Crippen LogP contribution < -0.4 is 10.9 Å². The van der Waals surface area contributed by atoms with Gasteiger partial charge in [-0.25, -0.2) is 0 Å². The summed E-state index contributed by atoms with van der Waals surface area (Å²) in [6.07, 6.45) is 3.32. The van der Waals surface area contributed by atoms with Crippen LogP contribution in [0.3, 0.4) is 0 Å². The summed E-state index contributed by atoms with van der Waals surface area (Å²) in [5, 5.41) is 13.1. The van der Waals surface area contributed by atoms with Gasteiger partial charge in [-0.1, -0.05) is 18.2 Å². The number of thiocarbonyl (C=S) groups is 1. The van der Waals surface area contributed by atoms with E-state index in [1.807, 2.05) is 37.3 Å². The average molecular weight is 338 g/mol. The molecular weight excluding hydrogens is 324 g/mol. The van der Waals surface area contributed by atoms with Crippen LogP contribution in [0.5, 0.6) is 0 Å². The highest BCUT2D eigenvalue weighted by atomic mass is 32.1. The third-order valence-electron chi connectivity index (χ3n) is 3.78. The molecule has 24 heavy (non-hydrogen) atoms. The van der Waals surface area contributed by atoms with Crippen molar-refractivity contribution in [3.63, 3.8) is 0 Å². The normalized spacial score (nSPS) is 11.2. The summed E-state index contributed by atoms with van der Waals surface area (Å²) in [6, 6.07) is 9.33. The second-order valence-electron chi connectivity index (χ2n) is 5.26. The highest BCUT2D eigenvalue weighted by Gasteiger charge is 2.21. The molecule has 2 aromatic rings. The fourth-order valence-electron chi connectivity index (χ4n) is 2.67. The summed E-state index contributed by atoms with van der Waals surface area (Å²) in [5.74, 6) is 0. The van der Waals surface area contributed by atoms with Gasteiger partial charge in [0.15, 0.2) is 5.11 Å². The average Bonchev–Trinajstić information content (AvgIpc) is 3.17. The van der Waals surface area contributed by atoms with Crippen LogP contribution in [-0.2, 0) is 0 Å². The van der Waals surface area contributed by atoms with Crippen LogP contribution in [0.25, 0.3) is 28.0 Å². The predicted octanol–water partition coefficient (Wildman–Crippen LogP) is 1.76. The maximum absolute atomic E-state index is 12.6. The number of benzene rings is 1. The summed E-state index contributed by atoms with van der Waals surface area (Å²) >= 11 is 5.31. The number of hydrogen-bond acceptors (Lipinski definition) is 4. The van der Waals surface area contributed by atoms with Crippen molar-refractivity contribution in [2.45, 2.75) is 6.92 Å². The second kappa shape index (κ2) is 5.57. The van der Waals surface area contributed by atoms with Gasteiger partial charge in [0.05, 0.1) is 22.8 Å². The van der Waals surface area contributed by atoms with Gasteiger partial charge in [0, 0.05) is 12.7 Å². The second-order valence-corrected chi connectivity index (χ2v) is 5.64. The Morgan fingerprint density at radius 2 is 2.12 bits per heavy atom. The Bertz CT molecular complexity index is 1060. The van der Waals surface area contributed by atoms with Crippen molar-refractivity contribution in [3.05, 3.63) is 53.1 Å². The zero-order valence-electron chi connectivity index (χ0n) is 12.9. The molecule has 1 aromatic heterocycles. The minimum atomic E-state index is -0.170. The van der Waals surface area contributed by atoms with E-state index >= 15 is 0 Å². The van der Waals surface area contributed by atoms with E-state index in [4.69, 9.17) is 12.2 Å². The molecule has 3 heterocycles. The Morgan fingerprint density at radius 3 is 2.88 bits per heavy atom. The number of para-hydroxylation sites is 1. The highest BCUT2D eigenvalue weighted by molar-refractivity contribution is 7.80. The number of hydrogen-bond donors (Lipinski definition) is 2. The van der Waals surface area contributed by atoms with Crippen LogP contribution in [0.15, 0.2) is 47.5 Å². The van der Waals surface area contributed by atoms with Gasteiger partial charge in [-0.2, -0.15) is 19.6 Å². The zero-order chi connectivity index (χ0) is 16.7. The number of nitrogens with one attached hydrogen (secondary N) is 2. The fraction of sp³-hybridized carbons (Fsp3) is 0.125. The van der Waals surface area contributed by atoms with Crippen LogP contribution in [-0.4, -0.2) is 36.2 Å². The van der Waals surface area contributed by atoms with E-state index in [0.717, 1.165) is 11.1 Å². The summed E-state index contributed by atoms with van der Waals surface area (Å²) < 4.78 is 3.00. The number of fused-ring (bicyclic) bond motifs is 3. The van der Waals surface area contributed by atoms with E-state index in [1.54, 1.807) is 17.1 Å². The molecule has 1 aromatic carbocycles. The van der Waals surface area contributed by atoms with Crippen LogP contribution in [0.1, 0.15) is 6.92 Å². The number of aromatic amines is 1. The van der Waals surface area contributed by atoms with Gasteiger partial charge in [-0.3, -0.25) is 4.79 Å². The molecule has 2 aliphatic heterocycles. The number of H-pyrrole nitrogens is 1. The van der Waals surface area contributed by atoms with Crippen LogP contribution in [0, 0.1) is 0 Å². The van der Waals surface area contributed by atoms with E-state index in [0.29, 0.717) is 28.6 Å². The van der Waals surface area contributed by atoms with Gasteiger partial charge in [0.1, 0.15) is 11.3 Å². The summed E-state index contributed by atoms with van der Waals surface area (Å²) in [6.45, 7) is 2.67. The number of aromatic nitrogens is 5. The largest absolute Gasteiger partial charge is 0.361 e. The molecular formula is C16H14N6OS. The molecule has 2 aliphatic rings. The van der Waals surface area contributed by atoms with Gasteiger partial charge in [-0.15, -0.1) is 0 Å². The minimum Gasteiger partial charge on any atom is -0.361 e. The molecule has 0 radical (unpaired) electrons. The van der Waals surface area contributed by atoms with E-state index in [2.05, 4.69) is 20.5 Å². The summed E-state index contributed by atoms with van der Waals surface area (Å²) in [7, 11) is 0. The lowest BCUT2D eigenvalue weighted by molar-refractivity contribution is 0.859. The maximum Gasteiger partial charge on any atom is 0.282 e. The van der Waals surface area contributed by atoms with Gasteiger partial charge in [0.25, 0.3) is 5.56 Å². The lowest BCUT2D eigenvalue weighted by Gasteiger charge is -2.06.